The van der Waals surface area contributed by atoms with Crippen LogP contribution in [0.4, 0.5) is 8.78 Å². The maximum absolute atomic E-state index is 13.4. The van der Waals surface area contributed by atoms with E-state index in [4.69, 9.17) is 14.2 Å². The number of benzene rings is 2. The highest BCUT2D eigenvalue weighted by atomic mass is 19.1. The summed E-state index contributed by atoms with van der Waals surface area (Å²) in [5.41, 5.74) is 0.350. The molecule has 2 aromatic carbocycles. The highest BCUT2D eigenvalue weighted by Crippen LogP contribution is 2.43. The summed E-state index contributed by atoms with van der Waals surface area (Å²) in [7, 11) is 0. The summed E-state index contributed by atoms with van der Waals surface area (Å²) in [4.78, 5) is 12.0. The summed E-state index contributed by atoms with van der Waals surface area (Å²) >= 11 is 0. The first-order valence-electron chi connectivity index (χ1n) is 8.87. The SMILES string of the molecule is C=C(C)C(=O)OC(C)(C)C1COC(c2ccc(F)cc2)(c2ccc(F)cc2)O1. The van der Waals surface area contributed by atoms with Crippen molar-refractivity contribution in [3.63, 3.8) is 0 Å². The molecule has 0 bridgehead atoms. The molecule has 0 radical (unpaired) electrons. The lowest BCUT2D eigenvalue weighted by atomic mass is 9.96. The largest absolute Gasteiger partial charge is 0.453 e. The topological polar surface area (TPSA) is 44.8 Å². The summed E-state index contributed by atoms with van der Waals surface area (Å²) in [6.07, 6.45) is -0.620. The molecule has 1 unspecified atom stereocenters. The van der Waals surface area contributed by atoms with Gasteiger partial charge in [0.05, 0.1) is 6.61 Å². The van der Waals surface area contributed by atoms with Gasteiger partial charge in [-0.1, -0.05) is 30.8 Å². The van der Waals surface area contributed by atoms with Gasteiger partial charge in [-0.05, 0) is 45.0 Å². The zero-order chi connectivity index (χ0) is 20.5. The molecular weight excluding hydrogens is 366 g/mol. The van der Waals surface area contributed by atoms with E-state index in [-0.39, 0.29) is 12.2 Å². The van der Waals surface area contributed by atoms with Crippen LogP contribution in [-0.4, -0.2) is 24.3 Å². The molecular formula is C22H22F2O4. The van der Waals surface area contributed by atoms with E-state index in [1.807, 2.05) is 0 Å². The first-order chi connectivity index (χ1) is 13.1. The zero-order valence-corrected chi connectivity index (χ0v) is 16.0. The van der Waals surface area contributed by atoms with Crippen LogP contribution in [0.1, 0.15) is 31.9 Å². The molecule has 1 heterocycles. The van der Waals surface area contributed by atoms with E-state index in [2.05, 4.69) is 6.58 Å². The average Bonchev–Trinajstić information content (AvgIpc) is 3.10. The Morgan fingerprint density at radius 1 is 1.07 bits per heavy atom. The minimum absolute atomic E-state index is 0.116. The average molecular weight is 388 g/mol. The maximum Gasteiger partial charge on any atom is 0.333 e. The Hall–Kier alpha value is -2.57. The molecule has 3 rings (SSSR count). The summed E-state index contributed by atoms with van der Waals surface area (Å²) in [5, 5.41) is 0. The van der Waals surface area contributed by atoms with Crippen molar-refractivity contribution in [2.75, 3.05) is 6.61 Å². The summed E-state index contributed by atoms with van der Waals surface area (Å²) in [5.74, 6) is -2.71. The van der Waals surface area contributed by atoms with Crippen LogP contribution in [0.2, 0.25) is 0 Å². The molecule has 148 valence electrons. The lowest BCUT2D eigenvalue weighted by Gasteiger charge is -2.33. The van der Waals surface area contributed by atoms with Gasteiger partial charge in [-0.25, -0.2) is 13.6 Å². The van der Waals surface area contributed by atoms with Crippen LogP contribution in [0.3, 0.4) is 0 Å². The van der Waals surface area contributed by atoms with Crippen LogP contribution in [0.5, 0.6) is 0 Å². The fourth-order valence-corrected chi connectivity index (χ4v) is 3.00. The third kappa shape index (κ3) is 3.84. The Labute approximate surface area is 162 Å². The number of hydrogen-bond donors (Lipinski definition) is 0. The fraction of sp³-hybridized carbons (Fsp3) is 0.318. The lowest BCUT2D eigenvalue weighted by molar-refractivity contribution is -0.185. The molecule has 0 aliphatic carbocycles. The molecule has 0 spiro atoms. The summed E-state index contributed by atoms with van der Waals surface area (Å²) in [6.45, 7) is 8.70. The van der Waals surface area contributed by atoms with E-state index < -0.39 is 35.1 Å². The van der Waals surface area contributed by atoms with Crippen molar-refractivity contribution in [2.45, 2.75) is 38.3 Å². The second kappa shape index (κ2) is 7.45. The van der Waals surface area contributed by atoms with Crippen LogP contribution < -0.4 is 0 Å². The van der Waals surface area contributed by atoms with Gasteiger partial charge in [-0.15, -0.1) is 0 Å². The molecule has 1 fully saturated rings. The molecule has 0 amide bonds. The zero-order valence-electron chi connectivity index (χ0n) is 16.0. The van der Waals surface area contributed by atoms with Crippen LogP contribution in [-0.2, 0) is 24.8 Å². The number of hydrogen-bond acceptors (Lipinski definition) is 4. The lowest BCUT2D eigenvalue weighted by Crippen LogP contribution is -2.43. The van der Waals surface area contributed by atoms with Crippen LogP contribution >= 0.6 is 0 Å². The minimum atomic E-state index is -1.38. The van der Waals surface area contributed by atoms with Crippen molar-refractivity contribution in [1.82, 2.24) is 0 Å². The number of rotatable bonds is 5. The number of carbonyl (C=O) groups is 1. The Bertz CT molecular complexity index is 827. The Morgan fingerprint density at radius 2 is 1.54 bits per heavy atom. The molecule has 0 N–H and O–H groups in total. The molecule has 28 heavy (non-hydrogen) atoms. The van der Waals surface area contributed by atoms with Crippen LogP contribution in [0.15, 0.2) is 60.7 Å². The van der Waals surface area contributed by atoms with Crippen molar-refractivity contribution >= 4 is 5.97 Å². The Morgan fingerprint density at radius 3 is 1.96 bits per heavy atom. The second-order valence-electron chi connectivity index (χ2n) is 7.32. The third-order valence-electron chi connectivity index (χ3n) is 4.67. The van der Waals surface area contributed by atoms with Crippen molar-refractivity contribution in [1.29, 1.82) is 0 Å². The van der Waals surface area contributed by atoms with Gasteiger partial charge >= 0.3 is 5.97 Å². The highest BCUT2D eigenvalue weighted by molar-refractivity contribution is 5.87. The molecule has 1 aliphatic rings. The Balaban J connectivity index is 1.98. The van der Waals surface area contributed by atoms with E-state index in [1.54, 1.807) is 45.0 Å². The minimum Gasteiger partial charge on any atom is -0.453 e. The van der Waals surface area contributed by atoms with E-state index in [0.717, 1.165) is 0 Å². The van der Waals surface area contributed by atoms with E-state index in [1.165, 1.54) is 24.3 Å². The molecule has 6 heteroatoms. The molecule has 1 atom stereocenters. The molecule has 2 aromatic rings. The van der Waals surface area contributed by atoms with Gasteiger partial charge in [0.2, 0.25) is 5.79 Å². The predicted molar refractivity (Wildman–Crippen MR) is 99.4 cm³/mol. The normalized spacial score (nSPS) is 18.7. The number of halogens is 2. The van der Waals surface area contributed by atoms with Gasteiger partial charge in [-0.3, -0.25) is 0 Å². The number of ether oxygens (including phenoxy) is 3. The number of carbonyl (C=O) groups excluding carboxylic acids is 1. The van der Waals surface area contributed by atoms with E-state index >= 15 is 0 Å². The van der Waals surface area contributed by atoms with Gasteiger partial charge in [0, 0.05) is 16.7 Å². The van der Waals surface area contributed by atoms with Crippen molar-refractivity contribution in [3.05, 3.63) is 83.4 Å². The Kier molecular flexibility index (Phi) is 5.37. The first-order valence-corrected chi connectivity index (χ1v) is 8.87. The van der Waals surface area contributed by atoms with Gasteiger partial charge in [0.25, 0.3) is 0 Å². The summed E-state index contributed by atoms with van der Waals surface area (Å²) in [6, 6.07) is 11.4. The van der Waals surface area contributed by atoms with Gasteiger partial charge in [-0.2, -0.15) is 0 Å². The second-order valence-corrected chi connectivity index (χ2v) is 7.32. The molecule has 4 nitrogen and oxygen atoms in total. The predicted octanol–water partition coefficient (Wildman–Crippen LogP) is 4.48. The fourth-order valence-electron chi connectivity index (χ4n) is 3.00. The monoisotopic (exact) mass is 388 g/mol. The molecule has 1 aliphatic heterocycles. The van der Waals surface area contributed by atoms with E-state index in [9.17, 15) is 13.6 Å². The first kappa shape index (κ1) is 20.2. The molecule has 0 saturated carbocycles. The quantitative estimate of drug-likeness (QED) is 0.560. The molecule has 0 aromatic heterocycles. The van der Waals surface area contributed by atoms with Crippen LogP contribution in [0, 0.1) is 11.6 Å². The number of esters is 1. The molecule has 1 saturated heterocycles. The smallest absolute Gasteiger partial charge is 0.333 e. The highest BCUT2D eigenvalue weighted by Gasteiger charge is 2.51. The van der Waals surface area contributed by atoms with E-state index in [0.29, 0.717) is 11.1 Å². The standard InChI is InChI=1S/C22H22F2O4/c1-14(2)20(25)28-21(3,4)19-13-26-22(27-19,15-5-9-17(23)10-6-15)16-7-11-18(24)12-8-16/h5-12,19H,1,13H2,2-4H3. The van der Waals surface area contributed by atoms with Crippen LogP contribution in [0.25, 0.3) is 0 Å². The van der Waals surface area contributed by atoms with Gasteiger partial charge < -0.3 is 14.2 Å². The van der Waals surface area contributed by atoms with Gasteiger partial charge in [0.15, 0.2) is 0 Å². The van der Waals surface area contributed by atoms with Crippen molar-refractivity contribution in [3.8, 4) is 0 Å². The van der Waals surface area contributed by atoms with Crippen molar-refractivity contribution in [2.24, 2.45) is 0 Å². The summed E-state index contributed by atoms with van der Waals surface area (Å²) < 4.78 is 44.7. The third-order valence-corrected chi connectivity index (χ3v) is 4.67. The maximum atomic E-state index is 13.4. The van der Waals surface area contributed by atoms with Gasteiger partial charge in [0.1, 0.15) is 23.3 Å². The van der Waals surface area contributed by atoms with Crippen molar-refractivity contribution < 1.29 is 27.8 Å².